The molecular formula is C22H26. The lowest BCUT2D eigenvalue weighted by Gasteiger charge is -2.27. The topological polar surface area (TPSA) is 0 Å². The molecule has 1 aliphatic carbocycles. The van der Waals surface area contributed by atoms with E-state index in [1.165, 1.54) is 47.9 Å². The summed E-state index contributed by atoms with van der Waals surface area (Å²) in [6, 6.07) is 18.1. The second kappa shape index (κ2) is 6.96. The van der Waals surface area contributed by atoms with Crippen LogP contribution in [0.2, 0.25) is 0 Å². The highest BCUT2D eigenvalue weighted by Crippen LogP contribution is 2.36. The van der Waals surface area contributed by atoms with Gasteiger partial charge in [0.2, 0.25) is 0 Å². The average Bonchev–Trinajstić information content (AvgIpc) is 2.57. The molecule has 0 aromatic heterocycles. The molecule has 0 heterocycles. The number of rotatable bonds is 3. The quantitative estimate of drug-likeness (QED) is 0.565. The fourth-order valence-electron chi connectivity index (χ4n) is 3.61. The van der Waals surface area contributed by atoms with Crippen LogP contribution in [0, 0.1) is 12.8 Å². The van der Waals surface area contributed by atoms with E-state index in [-0.39, 0.29) is 0 Å². The predicted molar refractivity (Wildman–Crippen MR) is 96.1 cm³/mol. The van der Waals surface area contributed by atoms with Crippen LogP contribution in [0.1, 0.15) is 49.7 Å². The first-order valence-corrected chi connectivity index (χ1v) is 8.56. The number of benzene rings is 2. The van der Waals surface area contributed by atoms with Crippen molar-refractivity contribution in [1.82, 2.24) is 0 Å². The Bertz CT molecular complexity index is 608. The lowest BCUT2D eigenvalue weighted by atomic mass is 9.78. The van der Waals surface area contributed by atoms with E-state index >= 15 is 0 Å². The maximum absolute atomic E-state index is 2.39. The van der Waals surface area contributed by atoms with E-state index in [9.17, 15) is 0 Å². The molecule has 0 nitrogen and oxygen atoms in total. The second-order valence-electron chi connectivity index (χ2n) is 6.63. The van der Waals surface area contributed by atoms with Gasteiger partial charge in [-0.15, -0.1) is 0 Å². The highest BCUT2D eigenvalue weighted by Gasteiger charge is 2.20. The molecule has 114 valence electrons. The second-order valence-corrected chi connectivity index (χ2v) is 6.63. The van der Waals surface area contributed by atoms with Crippen molar-refractivity contribution in [3.8, 4) is 11.1 Å². The van der Waals surface area contributed by atoms with Crippen LogP contribution in [-0.4, -0.2) is 0 Å². The Labute approximate surface area is 134 Å². The van der Waals surface area contributed by atoms with Crippen molar-refractivity contribution in [2.24, 2.45) is 5.92 Å². The molecule has 1 saturated carbocycles. The average molecular weight is 290 g/mol. The molecule has 1 aliphatic rings. The molecule has 0 N–H and O–H groups in total. The molecule has 2 aromatic carbocycles. The van der Waals surface area contributed by atoms with Gasteiger partial charge in [-0.2, -0.15) is 0 Å². The van der Waals surface area contributed by atoms with E-state index in [1.54, 1.807) is 0 Å². The third-order valence-corrected chi connectivity index (χ3v) is 5.00. The number of hydrogen-bond acceptors (Lipinski definition) is 0. The standard InChI is InChI=1S/C22H26/c1-3-4-18-7-11-20(12-8-18)22-15-13-21(14-16-22)19-9-5-17(2)6-10-19/h3-6,9-10,13-16,18,20H,7-8,11-12H2,1-2H3/t18-,20-. The summed E-state index contributed by atoms with van der Waals surface area (Å²) in [5.41, 5.74) is 5.48. The molecule has 0 aliphatic heterocycles. The molecule has 0 heteroatoms. The summed E-state index contributed by atoms with van der Waals surface area (Å²) in [7, 11) is 0. The Hall–Kier alpha value is -1.82. The fraction of sp³-hybridized carbons (Fsp3) is 0.364. The normalized spacial score (nSPS) is 22.1. The lowest BCUT2D eigenvalue weighted by Crippen LogP contribution is -2.11. The van der Waals surface area contributed by atoms with E-state index in [4.69, 9.17) is 0 Å². The Kier molecular flexibility index (Phi) is 4.77. The van der Waals surface area contributed by atoms with Crippen molar-refractivity contribution >= 4 is 0 Å². The van der Waals surface area contributed by atoms with Gasteiger partial charge in [0.05, 0.1) is 0 Å². The number of allylic oxidation sites excluding steroid dienone is 2. The van der Waals surface area contributed by atoms with E-state index in [0.717, 1.165) is 11.8 Å². The van der Waals surface area contributed by atoms with Crippen LogP contribution < -0.4 is 0 Å². The monoisotopic (exact) mass is 290 g/mol. The van der Waals surface area contributed by atoms with E-state index in [0.29, 0.717) is 0 Å². The summed E-state index contributed by atoms with van der Waals surface area (Å²) < 4.78 is 0. The number of aryl methyl sites for hydroxylation is 1. The maximum Gasteiger partial charge on any atom is -0.0162 e. The third kappa shape index (κ3) is 3.50. The molecule has 3 rings (SSSR count). The van der Waals surface area contributed by atoms with Crippen LogP contribution in [0.3, 0.4) is 0 Å². The maximum atomic E-state index is 2.39. The zero-order valence-corrected chi connectivity index (χ0v) is 13.8. The largest absolute Gasteiger partial charge is 0.0914 e. The highest BCUT2D eigenvalue weighted by atomic mass is 14.3. The minimum absolute atomic E-state index is 0.758. The summed E-state index contributed by atoms with van der Waals surface area (Å²) in [5.74, 6) is 1.57. The SMILES string of the molecule is CC=C[C@H]1CC[C@H](c2ccc(-c3ccc(C)cc3)cc2)CC1. The van der Waals surface area contributed by atoms with Gasteiger partial charge in [0, 0.05) is 0 Å². The minimum Gasteiger partial charge on any atom is -0.0914 e. The minimum atomic E-state index is 0.758. The zero-order chi connectivity index (χ0) is 15.4. The van der Waals surface area contributed by atoms with Crippen LogP contribution >= 0.6 is 0 Å². The van der Waals surface area contributed by atoms with Crippen molar-refractivity contribution in [1.29, 1.82) is 0 Å². The molecule has 22 heavy (non-hydrogen) atoms. The Morgan fingerprint density at radius 3 is 1.86 bits per heavy atom. The van der Waals surface area contributed by atoms with Gasteiger partial charge in [0.1, 0.15) is 0 Å². The van der Waals surface area contributed by atoms with Gasteiger partial charge in [-0.3, -0.25) is 0 Å². The van der Waals surface area contributed by atoms with E-state index < -0.39 is 0 Å². The Balaban J connectivity index is 1.68. The molecule has 0 amide bonds. The van der Waals surface area contributed by atoms with Crippen molar-refractivity contribution in [2.45, 2.75) is 45.4 Å². The fourth-order valence-corrected chi connectivity index (χ4v) is 3.61. The van der Waals surface area contributed by atoms with Crippen LogP contribution in [-0.2, 0) is 0 Å². The van der Waals surface area contributed by atoms with Gasteiger partial charge >= 0.3 is 0 Å². The van der Waals surface area contributed by atoms with Crippen LogP contribution in [0.25, 0.3) is 11.1 Å². The van der Waals surface area contributed by atoms with Gasteiger partial charge in [0.15, 0.2) is 0 Å². The molecule has 0 atom stereocenters. The van der Waals surface area contributed by atoms with E-state index in [2.05, 4.69) is 74.5 Å². The lowest BCUT2D eigenvalue weighted by molar-refractivity contribution is 0.376. The first kappa shape index (κ1) is 15.1. The smallest absolute Gasteiger partial charge is 0.0162 e. The van der Waals surface area contributed by atoms with Gasteiger partial charge in [-0.1, -0.05) is 66.2 Å². The molecule has 0 unspecified atom stereocenters. The summed E-state index contributed by atoms with van der Waals surface area (Å²) in [5, 5.41) is 0. The van der Waals surface area contributed by atoms with E-state index in [1.807, 2.05) is 0 Å². The molecule has 0 spiro atoms. The molecule has 2 aromatic rings. The van der Waals surface area contributed by atoms with Gasteiger partial charge in [-0.25, -0.2) is 0 Å². The predicted octanol–water partition coefficient (Wildman–Crippen LogP) is 6.51. The molecular weight excluding hydrogens is 264 g/mol. The van der Waals surface area contributed by atoms with Gasteiger partial charge in [0.25, 0.3) is 0 Å². The summed E-state index contributed by atoms with van der Waals surface area (Å²) in [4.78, 5) is 0. The van der Waals surface area contributed by atoms with Gasteiger partial charge in [-0.05, 0) is 68.1 Å². The molecule has 0 radical (unpaired) electrons. The van der Waals surface area contributed by atoms with Crippen molar-refractivity contribution in [3.05, 3.63) is 71.8 Å². The molecule has 0 bridgehead atoms. The van der Waals surface area contributed by atoms with Crippen LogP contribution in [0.4, 0.5) is 0 Å². The first-order valence-electron chi connectivity index (χ1n) is 8.56. The Morgan fingerprint density at radius 1 is 0.773 bits per heavy atom. The third-order valence-electron chi connectivity index (χ3n) is 5.00. The number of hydrogen-bond donors (Lipinski definition) is 0. The van der Waals surface area contributed by atoms with Crippen molar-refractivity contribution in [2.75, 3.05) is 0 Å². The first-order chi connectivity index (χ1) is 10.8. The summed E-state index contributed by atoms with van der Waals surface area (Å²) in [6.45, 7) is 4.27. The molecule has 0 saturated heterocycles. The summed E-state index contributed by atoms with van der Waals surface area (Å²) >= 11 is 0. The molecule has 1 fully saturated rings. The van der Waals surface area contributed by atoms with Crippen LogP contribution in [0.15, 0.2) is 60.7 Å². The van der Waals surface area contributed by atoms with Crippen molar-refractivity contribution < 1.29 is 0 Å². The zero-order valence-electron chi connectivity index (χ0n) is 13.8. The van der Waals surface area contributed by atoms with Crippen LogP contribution in [0.5, 0.6) is 0 Å². The highest BCUT2D eigenvalue weighted by molar-refractivity contribution is 5.64. The Morgan fingerprint density at radius 2 is 1.32 bits per heavy atom. The van der Waals surface area contributed by atoms with Crippen molar-refractivity contribution in [3.63, 3.8) is 0 Å². The van der Waals surface area contributed by atoms with Gasteiger partial charge < -0.3 is 0 Å². The summed E-state index contributed by atoms with van der Waals surface area (Å²) in [6.07, 6.45) is 9.94.